The number of esters is 1. The number of hydrogen-bond donors (Lipinski definition) is 6. The zero-order chi connectivity index (χ0) is 52.5. The van der Waals surface area contributed by atoms with Gasteiger partial charge in [-0.2, -0.15) is 0 Å². The molecule has 1 fully saturated rings. The third-order valence-electron chi connectivity index (χ3n) is 12.7. The van der Waals surface area contributed by atoms with E-state index in [1.54, 1.807) is 12.2 Å². The lowest BCUT2D eigenvalue weighted by Gasteiger charge is -2.41. The monoisotopic (exact) mass is 1010 g/mol. The van der Waals surface area contributed by atoms with Crippen LogP contribution in [0, 0.1) is 0 Å². The molecule has 1 heterocycles. The van der Waals surface area contributed by atoms with Crippen LogP contribution in [0.1, 0.15) is 213 Å². The maximum absolute atomic E-state index is 13.3. The molecule has 0 aromatic heterocycles. The van der Waals surface area contributed by atoms with Crippen LogP contribution in [0.2, 0.25) is 0 Å². The molecule has 0 bridgehead atoms. The smallest absolute Gasteiger partial charge is 0.306 e. The lowest BCUT2D eigenvalue weighted by Crippen LogP contribution is -2.61. The van der Waals surface area contributed by atoms with Crippen LogP contribution in [0.4, 0.5) is 0 Å². The van der Waals surface area contributed by atoms with Gasteiger partial charge in [0.25, 0.3) is 0 Å². The lowest BCUT2D eigenvalue weighted by atomic mass is 9.99. The molecule has 6 N–H and O–H groups in total. The van der Waals surface area contributed by atoms with Crippen LogP contribution in [0.15, 0.2) is 97.2 Å². The first kappa shape index (κ1) is 66.6. The Morgan fingerprint density at radius 3 is 1.49 bits per heavy atom. The molecule has 0 aromatic rings. The van der Waals surface area contributed by atoms with Crippen LogP contribution >= 0.6 is 0 Å². The van der Waals surface area contributed by atoms with Crippen LogP contribution in [0.5, 0.6) is 0 Å². The summed E-state index contributed by atoms with van der Waals surface area (Å²) in [7, 11) is 0. The van der Waals surface area contributed by atoms with Gasteiger partial charge in [0.15, 0.2) is 12.4 Å². The third kappa shape index (κ3) is 36.5. The summed E-state index contributed by atoms with van der Waals surface area (Å²) in [6.07, 6.45) is 53.3. The zero-order valence-electron chi connectivity index (χ0n) is 45.3. The first-order valence-electron chi connectivity index (χ1n) is 28.5. The van der Waals surface area contributed by atoms with Gasteiger partial charge >= 0.3 is 5.97 Å². The van der Waals surface area contributed by atoms with E-state index in [-0.39, 0.29) is 19.4 Å². The highest BCUT2D eigenvalue weighted by molar-refractivity contribution is 5.81. The van der Waals surface area contributed by atoms with Gasteiger partial charge in [0.2, 0.25) is 5.91 Å². The van der Waals surface area contributed by atoms with Gasteiger partial charge in [-0.25, -0.2) is 0 Å². The number of ether oxygens (including phenoxy) is 3. The van der Waals surface area contributed by atoms with Gasteiger partial charge in [-0.05, 0) is 83.5 Å². The summed E-state index contributed by atoms with van der Waals surface area (Å²) in [5.41, 5.74) is 0. The molecule has 412 valence electrons. The van der Waals surface area contributed by atoms with Crippen molar-refractivity contribution in [2.45, 2.75) is 262 Å². The van der Waals surface area contributed by atoms with Crippen LogP contribution in [0.25, 0.3) is 0 Å². The molecule has 8 atom stereocenters. The second kappa shape index (κ2) is 48.5. The predicted octanol–water partition coefficient (Wildman–Crippen LogP) is 12.8. The molecule has 1 rings (SSSR count). The number of allylic oxidation sites excluding steroid dienone is 14. The number of rotatable bonds is 46. The van der Waals surface area contributed by atoms with E-state index in [1.165, 1.54) is 83.5 Å². The first-order chi connectivity index (χ1) is 35.2. The number of aliphatic hydroxyl groups excluding tert-OH is 5. The Kier molecular flexibility index (Phi) is 44.9. The Balaban J connectivity index is 2.81. The molecule has 11 nitrogen and oxygen atoms in total. The fourth-order valence-electron chi connectivity index (χ4n) is 8.19. The third-order valence-corrected chi connectivity index (χ3v) is 12.7. The Hall–Kier alpha value is -3.42. The Bertz CT molecular complexity index is 1530. The van der Waals surface area contributed by atoms with E-state index in [4.69, 9.17) is 14.2 Å². The van der Waals surface area contributed by atoms with E-state index in [0.29, 0.717) is 12.8 Å². The molecule has 1 saturated heterocycles. The summed E-state index contributed by atoms with van der Waals surface area (Å²) in [5, 5.41) is 56.6. The number of carbonyl (C=O) groups is 2. The van der Waals surface area contributed by atoms with Crippen molar-refractivity contribution in [3.8, 4) is 0 Å². The van der Waals surface area contributed by atoms with E-state index in [0.717, 1.165) is 83.5 Å². The average molecular weight is 1010 g/mol. The highest BCUT2D eigenvalue weighted by atomic mass is 16.7. The maximum Gasteiger partial charge on any atom is 0.306 e. The van der Waals surface area contributed by atoms with Crippen molar-refractivity contribution in [3.63, 3.8) is 0 Å². The van der Waals surface area contributed by atoms with Crippen molar-refractivity contribution in [3.05, 3.63) is 97.2 Å². The summed E-state index contributed by atoms with van der Waals surface area (Å²) >= 11 is 0. The minimum Gasteiger partial charge on any atom is -0.454 e. The number of aliphatic hydroxyl groups is 5. The summed E-state index contributed by atoms with van der Waals surface area (Å²) < 4.78 is 17.5. The highest BCUT2D eigenvalue weighted by Gasteiger charge is 2.47. The topological polar surface area (TPSA) is 175 Å². The van der Waals surface area contributed by atoms with Gasteiger partial charge in [-0.15, -0.1) is 0 Å². The normalized spacial score (nSPS) is 20.2. The van der Waals surface area contributed by atoms with Gasteiger partial charge in [0.1, 0.15) is 24.4 Å². The molecule has 8 unspecified atom stereocenters. The minimum atomic E-state index is -1.64. The van der Waals surface area contributed by atoms with Gasteiger partial charge < -0.3 is 45.1 Å². The number of amides is 1. The molecule has 1 amide bonds. The van der Waals surface area contributed by atoms with Crippen molar-refractivity contribution >= 4 is 11.9 Å². The average Bonchev–Trinajstić information content (AvgIpc) is 3.38. The quantitative estimate of drug-likeness (QED) is 0.0196. The minimum absolute atomic E-state index is 0.0524. The van der Waals surface area contributed by atoms with Gasteiger partial charge in [-0.3, -0.25) is 9.59 Å². The van der Waals surface area contributed by atoms with Crippen molar-refractivity contribution in [1.82, 2.24) is 5.32 Å². The van der Waals surface area contributed by atoms with Crippen molar-refractivity contribution in [2.24, 2.45) is 0 Å². The molecule has 0 aromatic carbocycles. The van der Waals surface area contributed by atoms with Crippen LogP contribution < -0.4 is 5.32 Å². The summed E-state index contributed by atoms with van der Waals surface area (Å²) in [6.45, 7) is 5.58. The lowest BCUT2D eigenvalue weighted by molar-refractivity contribution is -0.305. The molecule has 0 saturated carbocycles. The van der Waals surface area contributed by atoms with E-state index >= 15 is 0 Å². The van der Waals surface area contributed by atoms with Gasteiger partial charge in [0.05, 0.1) is 25.4 Å². The fraction of sp³-hybridized carbons (Fsp3) is 0.705. The predicted molar refractivity (Wildman–Crippen MR) is 296 cm³/mol. The number of hydrogen-bond acceptors (Lipinski definition) is 10. The van der Waals surface area contributed by atoms with Crippen molar-refractivity contribution in [2.75, 3.05) is 13.2 Å². The van der Waals surface area contributed by atoms with E-state index in [1.807, 2.05) is 18.2 Å². The standard InChI is InChI=1S/C61H103NO10/c1-4-7-10-13-16-19-22-25-26-27-28-29-31-33-36-39-42-45-48-54(65)60(69)62-52(53(64)47-44-41-38-35-32-24-21-18-15-12-9-6-3)51-70-61-59(58(68)57(67)55(50-63)71-61)72-56(66)49-46-43-40-37-34-30-23-20-17-14-11-8-5-2/h7,10,16,19,25-26,28-30,33-34,36,42,44-45,47,52-55,57-59,61,63-65,67-68H,4-6,8-9,11-15,17-18,20-24,27,31-32,35,37-41,43,46,48-51H2,1-3H3,(H,62,69)/b10-7-,19-16-,26-25-,29-28-,34-30-,36-33-,45-42-,47-44+. The van der Waals surface area contributed by atoms with E-state index in [9.17, 15) is 35.1 Å². The van der Waals surface area contributed by atoms with Crippen molar-refractivity contribution in [1.29, 1.82) is 0 Å². The molecular weight excluding hydrogens is 907 g/mol. The number of unbranched alkanes of at least 4 members (excludes halogenated alkanes) is 19. The molecular formula is C61H103NO10. The van der Waals surface area contributed by atoms with Gasteiger partial charge in [0, 0.05) is 12.8 Å². The molecule has 0 radical (unpaired) electrons. The zero-order valence-corrected chi connectivity index (χ0v) is 45.3. The van der Waals surface area contributed by atoms with Crippen LogP contribution in [0.3, 0.4) is 0 Å². The SMILES string of the molecule is CC/C=C\C/C=C\C/C=C\C/C=C\C/C=C\C/C=C\CC(O)C(=O)NC(COC1OC(CO)C(O)C(O)C1OC(=O)CCCCC/C=C\CCCCCCCC)C(O)/C=C/CCCCCCCCCCCC. The summed E-state index contributed by atoms with van der Waals surface area (Å²) in [6, 6.07) is -1.07. The first-order valence-corrected chi connectivity index (χ1v) is 28.5. The molecule has 0 aliphatic carbocycles. The Labute approximate surface area is 437 Å². The Morgan fingerprint density at radius 1 is 0.556 bits per heavy atom. The second-order valence-corrected chi connectivity index (χ2v) is 19.3. The number of nitrogens with one attached hydrogen (secondary N) is 1. The molecule has 11 heteroatoms. The number of carbonyl (C=O) groups excluding carboxylic acids is 2. The van der Waals surface area contributed by atoms with Crippen molar-refractivity contribution < 1.29 is 49.3 Å². The highest BCUT2D eigenvalue weighted by Crippen LogP contribution is 2.26. The Morgan fingerprint density at radius 2 is 1.00 bits per heavy atom. The molecule has 0 spiro atoms. The summed E-state index contributed by atoms with van der Waals surface area (Å²) in [5.74, 6) is -1.31. The fourth-order valence-corrected chi connectivity index (χ4v) is 8.19. The van der Waals surface area contributed by atoms with Gasteiger partial charge in [-0.1, -0.05) is 214 Å². The summed E-state index contributed by atoms with van der Waals surface area (Å²) in [4.78, 5) is 26.4. The molecule has 1 aliphatic rings. The van der Waals surface area contributed by atoms with Crippen LogP contribution in [-0.2, 0) is 23.8 Å². The van der Waals surface area contributed by atoms with Crippen LogP contribution in [-0.4, -0.2) is 99.6 Å². The largest absolute Gasteiger partial charge is 0.454 e. The molecule has 72 heavy (non-hydrogen) atoms. The molecule has 1 aliphatic heterocycles. The van der Waals surface area contributed by atoms with E-state index in [2.05, 4.69) is 92.9 Å². The van der Waals surface area contributed by atoms with E-state index < -0.39 is 67.4 Å². The maximum atomic E-state index is 13.3. The second-order valence-electron chi connectivity index (χ2n) is 19.3.